The zero-order valence-corrected chi connectivity index (χ0v) is 25.1. The summed E-state index contributed by atoms with van der Waals surface area (Å²) in [6.45, 7) is 7.57. The fraction of sp³-hybridized carbons (Fsp3) is 0.355. The topological polar surface area (TPSA) is 86.8 Å². The molecule has 0 aliphatic carbocycles. The van der Waals surface area contributed by atoms with E-state index >= 15 is 0 Å². The van der Waals surface area contributed by atoms with Crippen molar-refractivity contribution < 1.29 is 18.0 Å². The maximum absolute atomic E-state index is 14.0. The fourth-order valence-corrected chi connectivity index (χ4v) is 5.96. The van der Waals surface area contributed by atoms with Gasteiger partial charge in [0.2, 0.25) is 11.8 Å². The van der Waals surface area contributed by atoms with Crippen molar-refractivity contribution in [2.24, 2.45) is 0 Å². The van der Waals surface area contributed by atoms with Crippen LogP contribution in [-0.4, -0.2) is 50.8 Å². The lowest BCUT2D eigenvalue weighted by molar-refractivity contribution is -0.138. The minimum atomic E-state index is -4.14. The summed E-state index contributed by atoms with van der Waals surface area (Å²) in [5.74, 6) is -0.758. The third-order valence-electron chi connectivity index (χ3n) is 6.88. The Morgan fingerprint density at radius 3 is 2.27 bits per heavy atom. The SMILES string of the molecule is CCCCNC(=O)[C@@H](C)N(CCc1ccccc1)C(=O)CN(c1cccc(Cl)c1C)S(=O)(=O)c1ccc(C)cc1. The molecular weight excluding hydrogens is 546 g/mol. The van der Waals surface area contributed by atoms with E-state index in [1.807, 2.05) is 44.2 Å². The Morgan fingerprint density at radius 1 is 0.950 bits per heavy atom. The molecule has 1 N–H and O–H groups in total. The average Bonchev–Trinajstić information content (AvgIpc) is 2.94. The van der Waals surface area contributed by atoms with E-state index in [2.05, 4.69) is 5.32 Å². The Bertz CT molecular complexity index is 1400. The van der Waals surface area contributed by atoms with Gasteiger partial charge in [-0.3, -0.25) is 13.9 Å². The van der Waals surface area contributed by atoms with Crippen LogP contribution in [0.4, 0.5) is 5.69 Å². The van der Waals surface area contributed by atoms with E-state index in [1.165, 1.54) is 17.0 Å². The van der Waals surface area contributed by atoms with Crippen LogP contribution in [0.5, 0.6) is 0 Å². The number of nitrogens with one attached hydrogen (secondary N) is 1. The molecule has 9 heteroatoms. The molecular formula is C31H38ClN3O4S. The fourth-order valence-electron chi connectivity index (χ4n) is 4.32. The second kappa shape index (κ2) is 14.3. The number of halogens is 1. The summed E-state index contributed by atoms with van der Waals surface area (Å²) in [6.07, 6.45) is 2.27. The van der Waals surface area contributed by atoms with Crippen LogP contribution in [0.2, 0.25) is 5.02 Å². The maximum Gasteiger partial charge on any atom is 0.264 e. The number of unbranched alkanes of at least 4 members (excludes halogenated alkanes) is 1. The van der Waals surface area contributed by atoms with Crippen LogP contribution < -0.4 is 9.62 Å². The van der Waals surface area contributed by atoms with Crippen LogP contribution in [0.3, 0.4) is 0 Å². The van der Waals surface area contributed by atoms with Gasteiger partial charge in [-0.05, 0) is 69.0 Å². The molecule has 0 heterocycles. The summed E-state index contributed by atoms with van der Waals surface area (Å²) in [4.78, 5) is 28.5. The largest absolute Gasteiger partial charge is 0.354 e. The van der Waals surface area contributed by atoms with Crippen LogP contribution in [0.1, 0.15) is 43.4 Å². The van der Waals surface area contributed by atoms with Crippen molar-refractivity contribution in [2.45, 2.75) is 57.9 Å². The van der Waals surface area contributed by atoms with Crippen LogP contribution in [0.25, 0.3) is 0 Å². The molecule has 214 valence electrons. The summed E-state index contributed by atoms with van der Waals surface area (Å²) in [5.41, 5.74) is 2.77. The average molecular weight is 584 g/mol. The van der Waals surface area contributed by atoms with Gasteiger partial charge in [0, 0.05) is 18.1 Å². The van der Waals surface area contributed by atoms with Crippen molar-refractivity contribution in [2.75, 3.05) is 23.9 Å². The molecule has 7 nitrogen and oxygen atoms in total. The Kier molecular flexibility index (Phi) is 11.2. The highest BCUT2D eigenvalue weighted by molar-refractivity contribution is 7.92. The van der Waals surface area contributed by atoms with E-state index in [1.54, 1.807) is 44.2 Å². The van der Waals surface area contributed by atoms with Gasteiger partial charge in [-0.25, -0.2) is 8.42 Å². The van der Waals surface area contributed by atoms with Crippen molar-refractivity contribution >= 4 is 39.1 Å². The molecule has 40 heavy (non-hydrogen) atoms. The minimum absolute atomic E-state index is 0.0615. The predicted molar refractivity (Wildman–Crippen MR) is 161 cm³/mol. The Labute approximate surface area is 243 Å². The number of anilines is 1. The molecule has 0 aromatic heterocycles. The van der Waals surface area contributed by atoms with Gasteiger partial charge < -0.3 is 10.2 Å². The molecule has 0 aliphatic rings. The molecule has 0 fully saturated rings. The van der Waals surface area contributed by atoms with Gasteiger partial charge >= 0.3 is 0 Å². The molecule has 0 aliphatic heterocycles. The van der Waals surface area contributed by atoms with Crippen molar-refractivity contribution in [1.82, 2.24) is 10.2 Å². The number of hydrogen-bond acceptors (Lipinski definition) is 4. The molecule has 0 bridgehead atoms. The van der Waals surface area contributed by atoms with Crippen molar-refractivity contribution in [3.05, 3.63) is 94.5 Å². The second-order valence-corrected chi connectivity index (χ2v) is 12.1. The standard InChI is InChI=1S/C31H38ClN3O4S/c1-5-6-20-33-31(37)25(4)34(21-19-26-11-8-7-9-12-26)30(36)22-35(29-14-10-13-28(32)24(29)3)40(38,39)27-17-15-23(2)16-18-27/h7-18,25H,5-6,19-22H2,1-4H3,(H,33,37)/t25-/m1/s1. The smallest absolute Gasteiger partial charge is 0.264 e. The Balaban J connectivity index is 1.99. The normalized spacial score (nSPS) is 12.0. The van der Waals surface area contributed by atoms with Gasteiger partial charge in [0.1, 0.15) is 12.6 Å². The van der Waals surface area contributed by atoms with Crippen LogP contribution in [0, 0.1) is 13.8 Å². The first-order valence-electron chi connectivity index (χ1n) is 13.5. The lowest BCUT2D eigenvalue weighted by atomic mass is 10.1. The first-order valence-corrected chi connectivity index (χ1v) is 15.3. The van der Waals surface area contributed by atoms with E-state index in [0.717, 1.165) is 28.3 Å². The zero-order valence-electron chi connectivity index (χ0n) is 23.6. The number of sulfonamides is 1. The second-order valence-electron chi connectivity index (χ2n) is 9.85. The van der Waals surface area contributed by atoms with Gasteiger partial charge in [0.15, 0.2) is 0 Å². The molecule has 0 spiro atoms. The van der Waals surface area contributed by atoms with E-state index in [4.69, 9.17) is 11.6 Å². The number of benzene rings is 3. The molecule has 0 saturated carbocycles. The van der Waals surface area contributed by atoms with Crippen LogP contribution in [-0.2, 0) is 26.0 Å². The van der Waals surface area contributed by atoms with Gasteiger partial charge in [-0.1, -0.05) is 79.0 Å². The first-order chi connectivity index (χ1) is 19.1. The lowest BCUT2D eigenvalue weighted by Gasteiger charge is -2.32. The molecule has 3 rings (SSSR count). The van der Waals surface area contributed by atoms with Gasteiger partial charge in [0.05, 0.1) is 10.6 Å². The summed E-state index contributed by atoms with van der Waals surface area (Å²) < 4.78 is 29.0. The molecule has 1 atom stereocenters. The lowest BCUT2D eigenvalue weighted by Crippen LogP contribution is -2.52. The highest BCUT2D eigenvalue weighted by Crippen LogP contribution is 2.31. The van der Waals surface area contributed by atoms with Crippen LogP contribution in [0.15, 0.2) is 77.7 Å². The van der Waals surface area contributed by atoms with Crippen molar-refractivity contribution in [1.29, 1.82) is 0 Å². The Morgan fingerprint density at radius 2 is 1.62 bits per heavy atom. The maximum atomic E-state index is 14.0. The number of nitrogens with zero attached hydrogens (tertiary/aromatic N) is 2. The molecule has 0 saturated heterocycles. The third-order valence-corrected chi connectivity index (χ3v) is 9.06. The van der Waals surface area contributed by atoms with Crippen LogP contribution >= 0.6 is 11.6 Å². The summed E-state index contributed by atoms with van der Waals surface area (Å²) in [7, 11) is -4.14. The van der Waals surface area contributed by atoms with Gasteiger partial charge in [-0.2, -0.15) is 0 Å². The van der Waals surface area contributed by atoms with Gasteiger partial charge in [-0.15, -0.1) is 0 Å². The number of amides is 2. The summed E-state index contributed by atoms with van der Waals surface area (Å²) in [6, 6.07) is 20.3. The molecule has 3 aromatic rings. The van der Waals surface area contributed by atoms with Crippen molar-refractivity contribution in [3.8, 4) is 0 Å². The molecule has 0 unspecified atom stereocenters. The van der Waals surface area contributed by atoms with Gasteiger partial charge in [0.25, 0.3) is 10.0 Å². The van der Waals surface area contributed by atoms with E-state index < -0.39 is 28.5 Å². The number of rotatable bonds is 13. The third kappa shape index (κ3) is 7.86. The first kappa shape index (κ1) is 31.2. The van der Waals surface area contributed by atoms with Crippen molar-refractivity contribution in [3.63, 3.8) is 0 Å². The molecule has 3 aromatic carbocycles. The van der Waals surface area contributed by atoms with E-state index in [0.29, 0.717) is 29.2 Å². The highest BCUT2D eigenvalue weighted by Gasteiger charge is 2.33. The quantitative estimate of drug-likeness (QED) is 0.268. The predicted octanol–water partition coefficient (Wildman–Crippen LogP) is 5.53. The number of carbonyl (C=O) groups is 2. The number of aryl methyl sites for hydroxylation is 1. The highest BCUT2D eigenvalue weighted by atomic mass is 35.5. The van der Waals surface area contributed by atoms with E-state index in [-0.39, 0.29) is 17.3 Å². The number of hydrogen-bond donors (Lipinski definition) is 1. The minimum Gasteiger partial charge on any atom is -0.354 e. The monoisotopic (exact) mass is 583 g/mol. The zero-order chi connectivity index (χ0) is 29.3. The summed E-state index contributed by atoms with van der Waals surface area (Å²) in [5, 5.41) is 3.29. The molecule has 0 radical (unpaired) electrons. The van der Waals surface area contributed by atoms with E-state index in [9.17, 15) is 18.0 Å². The number of carbonyl (C=O) groups excluding carboxylic acids is 2. The summed E-state index contributed by atoms with van der Waals surface area (Å²) >= 11 is 6.37. The Hall–Kier alpha value is -3.36. The molecule has 2 amide bonds.